The zero-order chi connectivity index (χ0) is 23.2. The highest BCUT2D eigenvalue weighted by molar-refractivity contribution is 5.22. The maximum absolute atomic E-state index is 14.8. The first-order valence-corrected chi connectivity index (χ1v) is 12.0. The molecule has 0 amide bonds. The largest absolute Gasteiger partial charge is 0.358 e. The lowest BCUT2D eigenvalue weighted by atomic mass is 9.78. The van der Waals surface area contributed by atoms with E-state index in [9.17, 15) is 17.6 Å². The minimum Gasteiger partial charge on any atom is -0.317 e. The standard InChI is InChI=1S/C26H40F4O/c1-17(2)6-7-18(3)19(4)8-9-20(5)31-26(29,30)23-13-10-21(11-14-23)22-12-15-24(27)25(28)16-22/h12,15-21,23H,6-11,13-14H2,1-5H3. The average Bonchev–Trinajstić information content (AvgIpc) is 2.72. The summed E-state index contributed by atoms with van der Waals surface area (Å²) in [6.45, 7) is 10.6. The highest BCUT2D eigenvalue weighted by Gasteiger charge is 2.44. The van der Waals surface area contributed by atoms with Crippen LogP contribution in [0.25, 0.3) is 0 Å². The fourth-order valence-electron chi connectivity index (χ4n) is 4.62. The highest BCUT2D eigenvalue weighted by Crippen LogP contribution is 2.43. The first kappa shape index (κ1) is 26.2. The van der Waals surface area contributed by atoms with E-state index in [4.69, 9.17) is 4.74 Å². The summed E-state index contributed by atoms with van der Waals surface area (Å²) in [4.78, 5) is 0. The van der Waals surface area contributed by atoms with Crippen LogP contribution in [-0.2, 0) is 4.74 Å². The van der Waals surface area contributed by atoms with Gasteiger partial charge in [-0.05, 0) is 86.8 Å². The second kappa shape index (κ2) is 11.7. The Morgan fingerprint density at radius 2 is 1.42 bits per heavy atom. The lowest BCUT2D eigenvalue weighted by molar-refractivity contribution is -0.295. The molecule has 1 nitrogen and oxygen atoms in total. The molecule has 0 saturated heterocycles. The van der Waals surface area contributed by atoms with E-state index in [1.165, 1.54) is 18.9 Å². The van der Waals surface area contributed by atoms with Crippen LogP contribution in [0.4, 0.5) is 17.6 Å². The average molecular weight is 445 g/mol. The van der Waals surface area contributed by atoms with Crippen LogP contribution in [0.15, 0.2) is 18.2 Å². The van der Waals surface area contributed by atoms with Crippen molar-refractivity contribution in [3.05, 3.63) is 35.4 Å². The number of hydrogen-bond acceptors (Lipinski definition) is 1. The molecule has 2 rings (SSSR count). The predicted octanol–water partition coefficient (Wildman–Crippen LogP) is 8.73. The van der Waals surface area contributed by atoms with Crippen molar-refractivity contribution in [1.82, 2.24) is 0 Å². The van der Waals surface area contributed by atoms with Gasteiger partial charge >= 0.3 is 6.11 Å². The Balaban J connectivity index is 1.78. The molecule has 0 radical (unpaired) electrons. The van der Waals surface area contributed by atoms with Gasteiger partial charge in [0.2, 0.25) is 0 Å². The minimum absolute atomic E-state index is 0.00671. The lowest BCUT2D eigenvalue weighted by Gasteiger charge is -2.35. The minimum atomic E-state index is -3.15. The van der Waals surface area contributed by atoms with Gasteiger partial charge in [0.05, 0.1) is 12.0 Å². The van der Waals surface area contributed by atoms with Crippen LogP contribution >= 0.6 is 0 Å². The third kappa shape index (κ3) is 8.07. The molecule has 1 aliphatic rings. The Kier molecular flexibility index (Phi) is 9.85. The lowest BCUT2D eigenvalue weighted by Crippen LogP contribution is -2.37. The van der Waals surface area contributed by atoms with Crippen molar-refractivity contribution >= 4 is 0 Å². The third-order valence-electron chi connectivity index (χ3n) is 7.18. The van der Waals surface area contributed by atoms with Crippen molar-refractivity contribution < 1.29 is 22.3 Å². The molecule has 0 N–H and O–H groups in total. The molecular formula is C26H40F4O. The Bertz CT molecular complexity index is 667. The number of hydrogen-bond donors (Lipinski definition) is 0. The summed E-state index contributed by atoms with van der Waals surface area (Å²) in [6.07, 6.45) is 1.98. The molecule has 5 heteroatoms. The summed E-state index contributed by atoms with van der Waals surface area (Å²) >= 11 is 0. The quantitative estimate of drug-likeness (QED) is 0.310. The molecule has 0 spiro atoms. The molecule has 3 unspecified atom stereocenters. The van der Waals surface area contributed by atoms with Crippen molar-refractivity contribution in [2.24, 2.45) is 23.7 Å². The molecule has 31 heavy (non-hydrogen) atoms. The van der Waals surface area contributed by atoms with Crippen LogP contribution in [0.2, 0.25) is 0 Å². The van der Waals surface area contributed by atoms with Crippen molar-refractivity contribution in [2.75, 3.05) is 0 Å². The summed E-state index contributed by atoms with van der Waals surface area (Å²) in [5, 5.41) is 0. The van der Waals surface area contributed by atoms with E-state index in [-0.39, 0.29) is 5.92 Å². The fourth-order valence-corrected chi connectivity index (χ4v) is 4.62. The second-order valence-corrected chi connectivity index (χ2v) is 10.2. The maximum atomic E-state index is 14.8. The highest BCUT2D eigenvalue weighted by atomic mass is 19.3. The van der Waals surface area contributed by atoms with Crippen molar-refractivity contribution in [1.29, 1.82) is 0 Å². The summed E-state index contributed by atoms with van der Waals surface area (Å²) in [5.74, 6) is -0.823. The molecule has 0 heterocycles. The van der Waals surface area contributed by atoms with Crippen molar-refractivity contribution in [2.45, 2.75) is 104 Å². The first-order chi connectivity index (χ1) is 14.5. The molecule has 3 atom stereocenters. The monoisotopic (exact) mass is 444 g/mol. The molecule has 1 aliphatic carbocycles. The molecule has 1 aromatic carbocycles. The predicted molar refractivity (Wildman–Crippen MR) is 118 cm³/mol. The van der Waals surface area contributed by atoms with Gasteiger partial charge < -0.3 is 4.74 Å². The van der Waals surface area contributed by atoms with Crippen LogP contribution in [0, 0.1) is 35.3 Å². The van der Waals surface area contributed by atoms with Crippen LogP contribution in [0.1, 0.15) is 97.5 Å². The van der Waals surface area contributed by atoms with Gasteiger partial charge in [-0.1, -0.05) is 46.6 Å². The molecule has 1 saturated carbocycles. The van der Waals surface area contributed by atoms with Gasteiger partial charge in [-0.2, -0.15) is 8.78 Å². The van der Waals surface area contributed by atoms with Gasteiger partial charge in [0.1, 0.15) is 0 Å². The second-order valence-electron chi connectivity index (χ2n) is 10.2. The van der Waals surface area contributed by atoms with E-state index in [2.05, 4.69) is 27.7 Å². The molecule has 1 aromatic rings. The normalized spacial score (nSPS) is 23.0. The van der Waals surface area contributed by atoms with Gasteiger partial charge in [-0.3, -0.25) is 0 Å². The summed E-state index contributed by atoms with van der Waals surface area (Å²) in [5.41, 5.74) is 0.690. The Morgan fingerprint density at radius 3 is 1.97 bits per heavy atom. The van der Waals surface area contributed by atoms with E-state index in [0.717, 1.165) is 12.5 Å². The van der Waals surface area contributed by atoms with Gasteiger partial charge in [0, 0.05) is 0 Å². The summed E-state index contributed by atoms with van der Waals surface area (Å²) in [6, 6.07) is 3.87. The zero-order valence-electron chi connectivity index (χ0n) is 19.8. The Morgan fingerprint density at radius 1 is 0.839 bits per heavy atom. The van der Waals surface area contributed by atoms with Gasteiger partial charge in [0.15, 0.2) is 11.6 Å². The van der Waals surface area contributed by atoms with Crippen LogP contribution in [0.3, 0.4) is 0 Å². The van der Waals surface area contributed by atoms with Crippen LogP contribution in [-0.4, -0.2) is 12.2 Å². The summed E-state index contributed by atoms with van der Waals surface area (Å²) in [7, 11) is 0. The Hall–Kier alpha value is -1.10. The van der Waals surface area contributed by atoms with E-state index in [0.29, 0.717) is 55.4 Å². The SMILES string of the molecule is CC(C)CCC(C)C(C)CCC(C)OC(F)(F)C1CCC(c2ccc(F)c(F)c2)CC1. The van der Waals surface area contributed by atoms with E-state index < -0.39 is 29.8 Å². The molecule has 0 aromatic heterocycles. The maximum Gasteiger partial charge on any atom is 0.358 e. The molecule has 0 aliphatic heterocycles. The number of halogens is 4. The number of rotatable bonds is 11. The van der Waals surface area contributed by atoms with Gasteiger partial charge in [-0.25, -0.2) is 8.78 Å². The Labute approximate surface area is 186 Å². The van der Waals surface area contributed by atoms with E-state index in [1.54, 1.807) is 13.0 Å². The van der Waals surface area contributed by atoms with Crippen molar-refractivity contribution in [3.8, 4) is 0 Å². The number of ether oxygens (including phenoxy) is 1. The van der Waals surface area contributed by atoms with Gasteiger partial charge in [0.25, 0.3) is 0 Å². The summed E-state index contributed by atoms with van der Waals surface area (Å²) < 4.78 is 61.4. The first-order valence-electron chi connectivity index (χ1n) is 12.0. The molecule has 0 bridgehead atoms. The zero-order valence-corrected chi connectivity index (χ0v) is 19.8. The number of benzene rings is 1. The molecule has 1 fully saturated rings. The topological polar surface area (TPSA) is 9.23 Å². The van der Waals surface area contributed by atoms with E-state index >= 15 is 0 Å². The molecular weight excluding hydrogens is 404 g/mol. The smallest absolute Gasteiger partial charge is 0.317 e. The van der Waals surface area contributed by atoms with Crippen molar-refractivity contribution in [3.63, 3.8) is 0 Å². The van der Waals surface area contributed by atoms with E-state index in [1.807, 2.05) is 0 Å². The van der Waals surface area contributed by atoms with Crippen LogP contribution < -0.4 is 0 Å². The van der Waals surface area contributed by atoms with Gasteiger partial charge in [-0.15, -0.1) is 0 Å². The number of alkyl halides is 2. The third-order valence-corrected chi connectivity index (χ3v) is 7.18. The van der Waals surface area contributed by atoms with Crippen LogP contribution in [0.5, 0.6) is 0 Å². The molecule has 178 valence electrons. The fraction of sp³-hybridized carbons (Fsp3) is 0.769.